The van der Waals surface area contributed by atoms with E-state index in [1.54, 1.807) is 0 Å². The van der Waals surface area contributed by atoms with Crippen LogP contribution in [0, 0.1) is 0 Å². The second kappa shape index (κ2) is 15.4. The molecule has 0 unspecified atom stereocenters. The van der Waals surface area contributed by atoms with Gasteiger partial charge in [-0.3, -0.25) is 0 Å². The molecule has 0 aliphatic rings. The highest BCUT2D eigenvalue weighted by Crippen LogP contribution is 2.38. The van der Waals surface area contributed by atoms with Gasteiger partial charge in [0.15, 0.2) is 5.82 Å². The molecule has 0 amide bonds. The Morgan fingerprint density at radius 1 is 0.323 bits per heavy atom. The molecule has 8 aromatic carbocycles. The van der Waals surface area contributed by atoms with Crippen molar-refractivity contribution in [3.63, 3.8) is 0 Å². The van der Waals surface area contributed by atoms with E-state index in [1.165, 1.54) is 104 Å². The predicted octanol–water partition coefficient (Wildman–Crippen LogP) is -2.61. The molecule has 0 saturated carbocycles. The molecular weight excluding hydrogens is 740 g/mol. The summed E-state index contributed by atoms with van der Waals surface area (Å²) in [5, 5.41) is 4.88. The molecule has 0 aliphatic heterocycles. The summed E-state index contributed by atoms with van der Waals surface area (Å²) in [6.45, 7) is 0. The number of rotatable bonds is 6. The summed E-state index contributed by atoms with van der Waals surface area (Å²) < 4.78 is 2.37. The smallest absolute Gasteiger partial charge is 0.160 e. The third-order valence-electron chi connectivity index (χ3n) is 14.1. The van der Waals surface area contributed by atoms with Crippen LogP contribution in [0.5, 0.6) is 0 Å². The largest absolute Gasteiger partial charge is 0.309 e. The van der Waals surface area contributed by atoms with E-state index in [2.05, 4.69) is 215 Å². The Morgan fingerprint density at radius 2 is 0.742 bits per heavy atom. The normalized spacial score (nSPS) is 11.5. The van der Waals surface area contributed by atoms with Crippen molar-refractivity contribution in [3.05, 3.63) is 146 Å². The zero-order valence-corrected chi connectivity index (χ0v) is 37.2. The molecule has 10 rings (SSSR count). The van der Waals surface area contributed by atoms with E-state index in [4.69, 9.17) is 9.97 Å². The number of para-hydroxylation sites is 2. The highest BCUT2D eigenvalue weighted by molar-refractivity contribution is 6.70. The molecule has 62 heavy (non-hydrogen) atoms. The van der Waals surface area contributed by atoms with Crippen molar-refractivity contribution in [2.24, 2.45) is 0 Å². The summed E-state index contributed by atoms with van der Waals surface area (Å²) in [4.78, 5) is 10.7. The van der Waals surface area contributed by atoms with Gasteiger partial charge in [-0.1, -0.05) is 148 Å². The zero-order chi connectivity index (χ0) is 43.0. The minimum atomic E-state index is 0.724. The van der Waals surface area contributed by atoms with Gasteiger partial charge in [0.25, 0.3) is 0 Å². The van der Waals surface area contributed by atoms with Gasteiger partial charge in [-0.05, 0) is 68.9 Å². The Balaban J connectivity index is 1.12. The van der Waals surface area contributed by atoms with Crippen molar-refractivity contribution in [1.29, 1.82) is 0 Å². The summed E-state index contributed by atoms with van der Waals surface area (Å²) >= 11 is 0. The number of hydrogen-bond acceptors (Lipinski definition) is 2. The number of benzene rings is 8. The zero-order valence-electron chi connectivity index (χ0n) is 37.2. The van der Waals surface area contributed by atoms with Crippen molar-refractivity contribution < 1.29 is 0 Å². The van der Waals surface area contributed by atoms with Crippen LogP contribution < -0.4 is 49.2 Å². The highest BCUT2D eigenvalue weighted by atomic mass is 15.0. The van der Waals surface area contributed by atoms with Crippen LogP contribution in [0.15, 0.2) is 146 Å². The van der Waals surface area contributed by atoms with Gasteiger partial charge in [-0.25, -0.2) is 9.97 Å². The molecule has 3 nitrogen and oxygen atoms in total. The lowest BCUT2D eigenvalue weighted by atomic mass is 9.56. The number of fused-ring (bicyclic) bond motifs is 4. The maximum atomic E-state index is 5.38. The van der Waals surface area contributed by atoms with Crippen LogP contribution in [0.25, 0.3) is 94.4 Å². The number of nitrogens with zero attached hydrogens (tertiary/aromatic N) is 3. The van der Waals surface area contributed by atoms with E-state index in [-0.39, 0.29) is 0 Å². The molecule has 2 heterocycles. The summed E-state index contributed by atoms with van der Waals surface area (Å²) in [7, 11) is 20.5. The Morgan fingerprint density at radius 3 is 1.31 bits per heavy atom. The summed E-state index contributed by atoms with van der Waals surface area (Å²) in [6.07, 6.45) is 0. The van der Waals surface area contributed by atoms with E-state index >= 15 is 0 Å². The fraction of sp³-hybridized carbons (Fsp3) is 0. The first-order valence-corrected chi connectivity index (χ1v) is 21.8. The lowest BCUT2D eigenvalue weighted by Crippen LogP contribution is -2.57. The fourth-order valence-corrected chi connectivity index (χ4v) is 10.1. The van der Waals surface area contributed by atoms with Crippen molar-refractivity contribution in [1.82, 2.24) is 14.5 Å². The van der Waals surface area contributed by atoms with Gasteiger partial charge in [0.1, 0.15) is 70.6 Å². The molecule has 0 N–H and O–H groups in total. The van der Waals surface area contributed by atoms with Gasteiger partial charge >= 0.3 is 0 Å². The van der Waals surface area contributed by atoms with Crippen molar-refractivity contribution in [2.75, 3.05) is 0 Å². The van der Waals surface area contributed by atoms with E-state index in [9.17, 15) is 0 Å². The Labute approximate surface area is 372 Å². The van der Waals surface area contributed by atoms with Crippen molar-refractivity contribution >= 4 is 152 Å². The third kappa shape index (κ3) is 6.25. The average molecular weight is 782 g/mol. The third-order valence-corrected chi connectivity index (χ3v) is 14.1. The molecule has 0 bridgehead atoms. The average Bonchev–Trinajstić information content (AvgIpc) is 3.65. The molecule has 0 saturated heterocycles. The van der Waals surface area contributed by atoms with E-state index in [0.29, 0.717) is 0 Å². The topological polar surface area (TPSA) is 30.7 Å². The quantitative estimate of drug-likeness (QED) is 0.174. The first kappa shape index (κ1) is 39.6. The van der Waals surface area contributed by atoms with Gasteiger partial charge in [0, 0.05) is 27.6 Å². The second-order valence-electron chi connectivity index (χ2n) is 17.2. The van der Waals surface area contributed by atoms with Crippen LogP contribution in [0.2, 0.25) is 0 Å². The van der Waals surface area contributed by atoms with E-state index in [0.717, 1.165) is 39.4 Å². The SMILES string of the molecule is Bc1c(B)c(B)c(-c2c(B)c(B)c(-c3cc(-c4ccc(-c5ccc(-n6c7ccccc7c7ccccc76)cc5)c5ccccc45)nc(-c4ccccc4)n3)c(B)c2B)c(B)c1B. The lowest BCUT2D eigenvalue weighted by Gasteiger charge is -2.27. The van der Waals surface area contributed by atoms with Crippen LogP contribution in [0.1, 0.15) is 0 Å². The molecule has 2 aromatic heterocycles. The number of aromatic nitrogens is 3. The van der Waals surface area contributed by atoms with Crippen LogP contribution in [0.3, 0.4) is 0 Å². The van der Waals surface area contributed by atoms with Gasteiger partial charge in [-0.2, -0.15) is 0 Å². The van der Waals surface area contributed by atoms with Gasteiger partial charge in [-0.15, -0.1) is 16.4 Å². The molecular formula is C50H42B9N3. The predicted molar refractivity (Wildman–Crippen MR) is 295 cm³/mol. The molecule has 0 spiro atoms. The first-order chi connectivity index (χ1) is 30.0. The molecule has 0 radical (unpaired) electrons. The fourth-order valence-electron chi connectivity index (χ4n) is 10.1. The van der Waals surface area contributed by atoms with Crippen molar-refractivity contribution in [3.8, 4) is 61.8 Å². The highest BCUT2D eigenvalue weighted by Gasteiger charge is 2.23. The summed E-state index contributed by atoms with van der Waals surface area (Å²) in [5.74, 6) is 0.724. The van der Waals surface area contributed by atoms with Crippen LogP contribution in [-0.2, 0) is 0 Å². The van der Waals surface area contributed by atoms with Gasteiger partial charge < -0.3 is 4.57 Å². The molecule has 12 heteroatoms. The second-order valence-corrected chi connectivity index (χ2v) is 17.2. The molecule has 0 aliphatic carbocycles. The minimum absolute atomic E-state index is 0.724. The molecule has 284 valence electrons. The van der Waals surface area contributed by atoms with E-state index in [1.807, 2.05) is 6.07 Å². The maximum Gasteiger partial charge on any atom is 0.160 e. The number of hydrogen-bond donors (Lipinski definition) is 0. The van der Waals surface area contributed by atoms with E-state index < -0.39 is 0 Å². The van der Waals surface area contributed by atoms with Gasteiger partial charge in [0.2, 0.25) is 0 Å². The standard InChI is InChI=1S/C50H42B9N3/c51-41-38(42(52)44(54)39(43(41)53)40-45(55)47(57)49(59)48(58)46(40)56)35-24-34(60-50(61-35)26-10-2-1-3-11-26)31-23-22-28(29-12-4-5-13-30(29)31)25-18-20-27(21-19-25)62-36-16-8-6-14-32(36)33-15-7-9-17-37(33)62/h1-24H,51-59H2. The minimum Gasteiger partial charge on any atom is -0.309 e. The maximum absolute atomic E-state index is 5.38. The van der Waals surface area contributed by atoms with Gasteiger partial charge in [0.05, 0.1) is 22.4 Å². The Hall–Kier alpha value is -6.52. The van der Waals surface area contributed by atoms with Crippen molar-refractivity contribution in [2.45, 2.75) is 0 Å². The first-order valence-electron chi connectivity index (χ1n) is 21.8. The molecule has 0 atom stereocenters. The monoisotopic (exact) mass is 783 g/mol. The molecule has 10 aromatic rings. The Bertz CT molecular complexity index is 3350. The van der Waals surface area contributed by atoms with Crippen LogP contribution in [-0.4, -0.2) is 85.2 Å². The van der Waals surface area contributed by atoms with Crippen LogP contribution in [0.4, 0.5) is 0 Å². The van der Waals surface area contributed by atoms with Crippen LogP contribution >= 0.6 is 0 Å². The summed E-state index contributed by atoms with van der Waals surface area (Å²) in [6, 6.07) is 52.3. The molecule has 0 fully saturated rings. The summed E-state index contributed by atoms with van der Waals surface area (Å²) in [5.41, 5.74) is 25.8. The Kier molecular flexibility index (Phi) is 9.86. The lowest BCUT2D eigenvalue weighted by molar-refractivity contribution is 1.18.